The predicted octanol–water partition coefficient (Wildman–Crippen LogP) is 3.38. The van der Waals surface area contributed by atoms with Crippen LogP contribution in [0.25, 0.3) is 6.08 Å². The molecule has 2 aliphatic heterocycles. The fraction of sp³-hybridized carbons (Fsp3) is 0.478. The van der Waals surface area contributed by atoms with Gasteiger partial charge in [0.1, 0.15) is 0 Å². The smallest absolute Gasteiger partial charge is 0.319 e. The van der Waals surface area contributed by atoms with Gasteiger partial charge >= 0.3 is 6.01 Å². The Balaban J connectivity index is 1.51. The maximum atomic E-state index is 6.16. The third kappa shape index (κ3) is 4.33. The van der Waals surface area contributed by atoms with Crippen LogP contribution in [0.15, 0.2) is 42.5 Å². The molecule has 3 heterocycles. The number of nitrogens with zero attached hydrogens (tertiary/aromatic N) is 2. The Kier molecular flexibility index (Phi) is 6.32. The summed E-state index contributed by atoms with van der Waals surface area (Å²) in [5.74, 6) is 0.144. The molecular weight excluding hydrogens is 382 g/mol. The molecule has 4 rings (SSSR count). The number of rotatable bonds is 6. The first kappa shape index (κ1) is 20.8. The molecule has 160 valence electrons. The molecule has 30 heavy (non-hydrogen) atoms. The minimum atomic E-state index is -0.536. The molecule has 1 aromatic carbocycles. The first-order chi connectivity index (χ1) is 14.6. The van der Waals surface area contributed by atoms with Crippen LogP contribution in [0, 0.1) is 5.92 Å². The van der Waals surface area contributed by atoms with Crippen LogP contribution in [0.4, 0.5) is 0 Å². The molecule has 7 heteroatoms. The van der Waals surface area contributed by atoms with Crippen molar-refractivity contribution in [2.24, 2.45) is 5.92 Å². The molecule has 1 N–H and O–H groups in total. The second-order valence-electron chi connectivity index (χ2n) is 7.71. The third-order valence-corrected chi connectivity index (χ3v) is 5.88. The van der Waals surface area contributed by atoms with E-state index >= 15 is 0 Å². The number of nitrogens with one attached hydrogen (secondary N) is 1. The Hall–Kier alpha value is -2.48. The quantitative estimate of drug-likeness (QED) is 0.781. The van der Waals surface area contributed by atoms with Gasteiger partial charge in [-0.1, -0.05) is 43.3 Å². The summed E-state index contributed by atoms with van der Waals surface area (Å²) in [7, 11) is 3.12. The zero-order valence-electron chi connectivity index (χ0n) is 17.7. The topological polar surface area (TPSA) is 74.7 Å². The van der Waals surface area contributed by atoms with Crippen LogP contribution >= 0.6 is 0 Å². The second-order valence-corrected chi connectivity index (χ2v) is 7.71. The summed E-state index contributed by atoms with van der Waals surface area (Å²) in [6, 6.07) is 13.0. The van der Waals surface area contributed by atoms with E-state index in [-0.39, 0.29) is 24.0 Å². The van der Waals surface area contributed by atoms with Gasteiger partial charge in [-0.25, -0.2) is 0 Å². The molecule has 1 aromatic heterocycles. The molecule has 3 atom stereocenters. The summed E-state index contributed by atoms with van der Waals surface area (Å²) in [6.07, 6.45) is 5.70. The van der Waals surface area contributed by atoms with Crippen LogP contribution in [-0.4, -0.2) is 49.2 Å². The van der Waals surface area contributed by atoms with Gasteiger partial charge in [0.2, 0.25) is 5.88 Å². The van der Waals surface area contributed by atoms with Crippen LogP contribution in [0.5, 0.6) is 11.9 Å². The molecule has 2 aromatic rings. The Morgan fingerprint density at radius 1 is 1.13 bits per heavy atom. The van der Waals surface area contributed by atoms with E-state index in [9.17, 15) is 0 Å². The average Bonchev–Trinajstić information content (AvgIpc) is 3.25. The van der Waals surface area contributed by atoms with Crippen LogP contribution in [0.3, 0.4) is 0 Å². The first-order valence-electron chi connectivity index (χ1n) is 10.4. The molecule has 7 nitrogen and oxygen atoms in total. The molecule has 1 spiro atoms. The van der Waals surface area contributed by atoms with E-state index in [1.54, 1.807) is 20.3 Å². The van der Waals surface area contributed by atoms with Gasteiger partial charge in [0.25, 0.3) is 0 Å². The molecule has 0 amide bonds. The fourth-order valence-corrected chi connectivity index (χ4v) is 4.34. The molecule has 2 unspecified atom stereocenters. The minimum absolute atomic E-state index is 0.163. The third-order valence-electron chi connectivity index (χ3n) is 5.88. The lowest BCUT2D eigenvalue weighted by molar-refractivity contribution is -0.221. The lowest BCUT2D eigenvalue weighted by Crippen LogP contribution is -2.55. The van der Waals surface area contributed by atoms with Crippen LogP contribution in [0.1, 0.15) is 37.1 Å². The highest BCUT2D eigenvalue weighted by atomic mass is 16.7. The Morgan fingerprint density at radius 2 is 1.90 bits per heavy atom. The summed E-state index contributed by atoms with van der Waals surface area (Å²) in [5.41, 5.74) is 1.99. The summed E-state index contributed by atoms with van der Waals surface area (Å²) in [6.45, 7) is 3.51. The number of aromatic nitrogens is 2. The zero-order valence-corrected chi connectivity index (χ0v) is 17.7. The largest absolute Gasteiger partial charge is 0.481 e. The van der Waals surface area contributed by atoms with Crippen molar-refractivity contribution < 1.29 is 18.9 Å². The lowest BCUT2D eigenvalue weighted by atomic mass is 9.79. The summed E-state index contributed by atoms with van der Waals surface area (Å²) < 4.78 is 22.7. The molecule has 0 saturated carbocycles. The number of hydrogen-bond acceptors (Lipinski definition) is 7. The lowest BCUT2D eigenvalue weighted by Gasteiger charge is -2.46. The van der Waals surface area contributed by atoms with Crippen molar-refractivity contribution in [2.75, 3.05) is 27.4 Å². The molecule has 0 bridgehead atoms. The standard InChI is InChI=1S/C23H29N3O4/c1-16-21(17-8-5-4-6-9-17)24-19(15-23(16)29-12-13-30-23)11-7-10-18-14-20(27-2)26-22(25-18)28-3/h4-10,14,16,19,21,24H,11-13,15H2,1-3H3/b10-7+/t16-,19?,21?/m1/s1. The van der Waals surface area contributed by atoms with E-state index in [4.69, 9.17) is 18.9 Å². The van der Waals surface area contributed by atoms with Gasteiger partial charge in [-0.15, -0.1) is 0 Å². The van der Waals surface area contributed by atoms with Gasteiger partial charge in [0, 0.05) is 30.5 Å². The maximum Gasteiger partial charge on any atom is 0.319 e. The number of ether oxygens (including phenoxy) is 4. The van der Waals surface area contributed by atoms with E-state index in [2.05, 4.69) is 52.5 Å². The van der Waals surface area contributed by atoms with Crippen molar-refractivity contribution in [2.45, 2.75) is 37.6 Å². The van der Waals surface area contributed by atoms with E-state index in [0.29, 0.717) is 19.1 Å². The molecule has 2 fully saturated rings. The Labute approximate surface area is 177 Å². The van der Waals surface area contributed by atoms with Crippen molar-refractivity contribution >= 4 is 6.08 Å². The highest BCUT2D eigenvalue weighted by molar-refractivity contribution is 5.46. The summed E-state index contributed by atoms with van der Waals surface area (Å²) in [4.78, 5) is 8.49. The van der Waals surface area contributed by atoms with Crippen LogP contribution < -0.4 is 14.8 Å². The van der Waals surface area contributed by atoms with Crippen molar-refractivity contribution in [1.29, 1.82) is 0 Å². The molecule has 2 aliphatic rings. The predicted molar refractivity (Wildman–Crippen MR) is 113 cm³/mol. The van der Waals surface area contributed by atoms with Crippen molar-refractivity contribution in [3.05, 3.63) is 53.7 Å². The highest BCUT2D eigenvalue weighted by Crippen LogP contribution is 2.44. The van der Waals surface area contributed by atoms with Gasteiger partial charge in [-0.05, 0) is 18.1 Å². The SMILES string of the molecule is COc1cc(/C=C/CC2CC3(OCCO3)[C@H](C)C(c3ccccc3)N2)nc(OC)n1. The van der Waals surface area contributed by atoms with Crippen LogP contribution in [0.2, 0.25) is 0 Å². The van der Waals surface area contributed by atoms with E-state index in [1.807, 2.05) is 12.1 Å². The highest BCUT2D eigenvalue weighted by Gasteiger charge is 2.50. The summed E-state index contributed by atoms with van der Waals surface area (Å²) >= 11 is 0. The van der Waals surface area contributed by atoms with E-state index in [1.165, 1.54) is 5.56 Å². The normalized spacial score (nSPS) is 25.6. The molecule has 0 radical (unpaired) electrons. The molecular formula is C23H29N3O4. The monoisotopic (exact) mass is 411 g/mol. The molecule has 0 aliphatic carbocycles. The van der Waals surface area contributed by atoms with Gasteiger partial charge < -0.3 is 24.3 Å². The number of piperidine rings is 1. The average molecular weight is 412 g/mol. The van der Waals surface area contributed by atoms with Crippen molar-refractivity contribution in [1.82, 2.24) is 15.3 Å². The first-order valence-corrected chi connectivity index (χ1v) is 10.4. The second kappa shape index (κ2) is 9.12. The number of hydrogen-bond donors (Lipinski definition) is 1. The zero-order chi connectivity index (χ0) is 21.0. The van der Waals surface area contributed by atoms with Crippen molar-refractivity contribution in [3.8, 4) is 11.9 Å². The maximum absolute atomic E-state index is 6.16. The minimum Gasteiger partial charge on any atom is -0.481 e. The van der Waals surface area contributed by atoms with Crippen LogP contribution in [-0.2, 0) is 9.47 Å². The van der Waals surface area contributed by atoms with E-state index in [0.717, 1.165) is 18.5 Å². The van der Waals surface area contributed by atoms with Gasteiger partial charge in [0.05, 0.1) is 33.1 Å². The summed E-state index contributed by atoms with van der Waals surface area (Å²) in [5, 5.41) is 3.81. The molecule has 2 saturated heterocycles. The Morgan fingerprint density at radius 3 is 2.60 bits per heavy atom. The van der Waals surface area contributed by atoms with Gasteiger partial charge in [-0.3, -0.25) is 0 Å². The number of methoxy groups -OCH3 is 2. The van der Waals surface area contributed by atoms with Gasteiger partial charge in [-0.2, -0.15) is 9.97 Å². The Bertz CT molecular complexity index is 846. The van der Waals surface area contributed by atoms with Gasteiger partial charge in [0.15, 0.2) is 5.79 Å². The fourth-order valence-electron chi connectivity index (χ4n) is 4.34. The van der Waals surface area contributed by atoms with E-state index < -0.39 is 5.79 Å². The number of benzene rings is 1. The van der Waals surface area contributed by atoms with Crippen molar-refractivity contribution in [3.63, 3.8) is 0 Å².